The van der Waals surface area contributed by atoms with Crippen LogP contribution in [0.1, 0.15) is 58.6 Å². The lowest BCUT2D eigenvalue weighted by Crippen LogP contribution is -2.46. The summed E-state index contributed by atoms with van der Waals surface area (Å²) in [6.45, 7) is 8.67. The van der Waals surface area contributed by atoms with E-state index in [0.717, 1.165) is 18.4 Å². The SMILES string of the molecule is CC1CC[C@@H](C(C)C)[C@H](C(=O)NCC(NC(=O)C(C)N)c2ccccc2)C1. The number of hydrogen-bond acceptors (Lipinski definition) is 3. The first kappa shape index (κ1) is 21.4. The maximum Gasteiger partial charge on any atom is 0.237 e. The van der Waals surface area contributed by atoms with Crippen molar-refractivity contribution in [3.05, 3.63) is 35.9 Å². The summed E-state index contributed by atoms with van der Waals surface area (Å²) in [5.74, 6) is 1.44. The first-order valence-corrected chi connectivity index (χ1v) is 10.2. The minimum atomic E-state index is -0.587. The molecule has 1 saturated carbocycles. The van der Waals surface area contributed by atoms with Crippen molar-refractivity contribution >= 4 is 11.8 Å². The van der Waals surface area contributed by atoms with E-state index < -0.39 is 6.04 Å². The molecule has 2 amide bonds. The van der Waals surface area contributed by atoms with Gasteiger partial charge in [0.25, 0.3) is 0 Å². The standard InChI is InChI=1S/C22H35N3O2/c1-14(2)18-11-10-15(3)12-19(18)22(27)24-13-20(25-21(26)16(4)23)17-8-6-5-7-9-17/h5-9,14-16,18-20H,10-13,23H2,1-4H3,(H,24,27)(H,25,26)/t15?,16?,18-,19+,20?/m0/s1. The summed E-state index contributed by atoms with van der Waals surface area (Å²) in [7, 11) is 0. The third-order valence-electron chi connectivity index (χ3n) is 5.77. The minimum Gasteiger partial charge on any atom is -0.353 e. The van der Waals surface area contributed by atoms with Crippen molar-refractivity contribution in [1.29, 1.82) is 0 Å². The number of amides is 2. The molecule has 150 valence electrons. The molecule has 0 aliphatic heterocycles. The Morgan fingerprint density at radius 2 is 1.81 bits per heavy atom. The van der Waals surface area contributed by atoms with Crippen LogP contribution in [0.3, 0.4) is 0 Å². The Bertz CT molecular complexity index is 615. The molecule has 0 spiro atoms. The molecule has 3 unspecified atom stereocenters. The second-order valence-corrected chi connectivity index (χ2v) is 8.44. The molecule has 1 aromatic carbocycles. The zero-order chi connectivity index (χ0) is 20.0. The molecule has 1 aromatic rings. The lowest BCUT2D eigenvalue weighted by atomic mass is 9.70. The zero-order valence-electron chi connectivity index (χ0n) is 17.1. The smallest absolute Gasteiger partial charge is 0.237 e. The molecule has 0 bridgehead atoms. The first-order valence-electron chi connectivity index (χ1n) is 10.2. The molecule has 5 nitrogen and oxygen atoms in total. The van der Waals surface area contributed by atoms with Gasteiger partial charge >= 0.3 is 0 Å². The first-order chi connectivity index (χ1) is 12.8. The van der Waals surface area contributed by atoms with Gasteiger partial charge in [-0.05, 0) is 43.1 Å². The Hall–Kier alpha value is -1.88. The van der Waals surface area contributed by atoms with Gasteiger partial charge in [0.1, 0.15) is 0 Å². The third kappa shape index (κ3) is 6.06. The molecule has 1 aliphatic carbocycles. The summed E-state index contributed by atoms with van der Waals surface area (Å²) in [6.07, 6.45) is 3.25. The molecule has 0 aromatic heterocycles. The summed E-state index contributed by atoms with van der Waals surface area (Å²) in [5.41, 5.74) is 6.66. The Morgan fingerprint density at radius 1 is 1.15 bits per heavy atom. The van der Waals surface area contributed by atoms with Crippen LogP contribution in [-0.2, 0) is 9.59 Å². The summed E-state index contributed by atoms with van der Waals surface area (Å²) in [6, 6.07) is 8.84. The molecule has 1 fully saturated rings. The van der Waals surface area contributed by atoms with Crippen LogP contribution in [0.5, 0.6) is 0 Å². The Balaban J connectivity index is 2.06. The van der Waals surface area contributed by atoms with E-state index in [0.29, 0.717) is 24.3 Å². The molecule has 0 radical (unpaired) electrons. The van der Waals surface area contributed by atoms with E-state index in [1.54, 1.807) is 6.92 Å². The van der Waals surface area contributed by atoms with E-state index in [4.69, 9.17) is 5.73 Å². The minimum absolute atomic E-state index is 0.0503. The van der Waals surface area contributed by atoms with Gasteiger partial charge in [-0.25, -0.2) is 0 Å². The van der Waals surface area contributed by atoms with Crippen LogP contribution in [0.25, 0.3) is 0 Å². The molecular formula is C22H35N3O2. The number of rotatable bonds is 7. The van der Waals surface area contributed by atoms with Gasteiger partial charge in [-0.2, -0.15) is 0 Å². The fourth-order valence-corrected chi connectivity index (χ4v) is 4.08. The molecule has 0 saturated heterocycles. The maximum absolute atomic E-state index is 13.0. The Morgan fingerprint density at radius 3 is 2.41 bits per heavy atom. The van der Waals surface area contributed by atoms with Gasteiger partial charge in [0, 0.05) is 12.5 Å². The monoisotopic (exact) mass is 373 g/mol. The highest BCUT2D eigenvalue weighted by molar-refractivity contribution is 5.82. The molecule has 5 atom stereocenters. The van der Waals surface area contributed by atoms with Crippen molar-refractivity contribution in [1.82, 2.24) is 10.6 Å². The van der Waals surface area contributed by atoms with Crippen molar-refractivity contribution in [3.8, 4) is 0 Å². The molecule has 27 heavy (non-hydrogen) atoms. The van der Waals surface area contributed by atoms with E-state index in [9.17, 15) is 9.59 Å². The number of nitrogens with two attached hydrogens (primary N) is 1. The lowest BCUT2D eigenvalue weighted by Gasteiger charge is -2.36. The van der Waals surface area contributed by atoms with Gasteiger partial charge in [0.2, 0.25) is 11.8 Å². The average molecular weight is 374 g/mol. The molecule has 4 N–H and O–H groups in total. The van der Waals surface area contributed by atoms with Crippen LogP contribution in [-0.4, -0.2) is 24.4 Å². The molecule has 0 heterocycles. The van der Waals surface area contributed by atoms with E-state index in [-0.39, 0.29) is 23.8 Å². The third-order valence-corrected chi connectivity index (χ3v) is 5.77. The number of nitrogens with one attached hydrogen (secondary N) is 2. The van der Waals surface area contributed by atoms with E-state index >= 15 is 0 Å². The van der Waals surface area contributed by atoms with Gasteiger partial charge in [0.15, 0.2) is 0 Å². The zero-order valence-corrected chi connectivity index (χ0v) is 17.1. The predicted molar refractivity (Wildman–Crippen MR) is 109 cm³/mol. The van der Waals surface area contributed by atoms with Gasteiger partial charge < -0.3 is 16.4 Å². The molecule has 1 aliphatic rings. The number of carbonyl (C=O) groups is 2. The molecule has 2 rings (SSSR count). The average Bonchev–Trinajstić information content (AvgIpc) is 2.64. The van der Waals surface area contributed by atoms with Crippen LogP contribution in [0.2, 0.25) is 0 Å². The summed E-state index contributed by atoms with van der Waals surface area (Å²) in [5, 5.41) is 6.06. The Labute approximate surface area is 163 Å². The van der Waals surface area contributed by atoms with Crippen LogP contribution in [0, 0.1) is 23.7 Å². The maximum atomic E-state index is 13.0. The van der Waals surface area contributed by atoms with Gasteiger partial charge in [-0.15, -0.1) is 0 Å². The highest BCUT2D eigenvalue weighted by atomic mass is 16.2. The fourth-order valence-electron chi connectivity index (χ4n) is 4.08. The van der Waals surface area contributed by atoms with Gasteiger partial charge in [-0.3, -0.25) is 9.59 Å². The second kappa shape index (κ2) is 9.88. The van der Waals surface area contributed by atoms with Crippen molar-refractivity contribution in [3.63, 3.8) is 0 Å². The lowest BCUT2D eigenvalue weighted by molar-refractivity contribution is -0.130. The van der Waals surface area contributed by atoms with Crippen molar-refractivity contribution in [2.45, 2.75) is 59.0 Å². The number of carbonyl (C=O) groups excluding carboxylic acids is 2. The van der Waals surface area contributed by atoms with Crippen molar-refractivity contribution in [2.75, 3.05) is 6.54 Å². The summed E-state index contributed by atoms with van der Waals surface area (Å²) >= 11 is 0. The quantitative estimate of drug-likeness (QED) is 0.687. The van der Waals surface area contributed by atoms with E-state index in [1.165, 1.54) is 6.42 Å². The topological polar surface area (TPSA) is 84.2 Å². The Kier molecular flexibility index (Phi) is 7.84. The fraction of sp³-hybridized carbons (Fsp3) is 0.636. The highest BCUT2D eigenvalue weighted by Crippen LogP contribution is 2.38. The van der Waals surface area contributed by atoms with Crippen molar-refractivity contribution < 1.29 is 9.59 Å². The second-order valence-electron chi connectivity index (χ2n) is 8.44. The van der Waals surface area contributed by atoms with Crippen LogP contribution < -0.4 is 16.4 Å². The van der Waals surface area contributed by atoms with E-state index in [1.807, 2.05) is 30.3 Å². The van der Waals surface area contributed by atoms with Crippen LogP contribution in [0.15, 0.2) is 30.3 Å². The van der Waals surface area contributed by atoms with Crippen LogP contribution in [0.4, 0.5) is 0 Å². The van der Waals surface area contributed by atoms with E-state index in [2.05, 4.69) is 31.4 Å². The number of benzene rings is 1. The molecule has 5 heteroatoms. The molecular weight excluding hydrogens is 338 g/mol. The van der Waals surface area contributed by atoms with Gasteiger partial charge in [-0.1, -0.05) is 57.5 Å². The largest absolute Gasteiger partial charge is 0.353 e. The summed E-state index contributed by atoms with van der Waals surface area (Å²) < 4.78 is 0. The predicted octanol–water partition coefficient (Wildman–Crippen LogP) is 3.02. The van der Waals surface area contributed by atoms with Crippen LogP contribution >= 0.6 is 0 Å². The summed E-state index contributed by atoms with van der Waals surface area (Å²) in [4.78, 5) is 25.1. The normalized spacial score (nSPS) is 24.9. The van der Waals surface area contributed by atoms with Crippen molar-refractivity contribution in [2.24, 2.45) is 29.4 Å². The number of hydrogen-bond donors (Lipinski definition) is 3. The highest BCUT2D eigenvalue weighted by Gasteiger charge is 2.35. The van der Waals surface area contributed by atoms with Gasteiger partial charge in [0.05, 0.1) is 12.1 Å².